The molecule has 4 rings (SSSR count). The van der Waals surface area contributed by atoms with Crippen LogP contribution in [0.2, 0.25) is 0 Å². The van der Waals surface area contributed by atoms with E-state index in [4.69, 9.17) is 4.74 Å². The number of nitrogens with zero attached hydrogens (tertiary/aromatic N) is 3. The number of carbonyl (C=O) groups is 1. The number of rotatable bonds is 4. The first kappa shape index (κ1) is 16.1. The summed E-state index contributed by atoms with van der Waals surface area (Å²) in [4.78, 5) is 15.0. The monoisotopic (exact) mass is 332 g/mol. The molecular formula is C18H28N4O2. The van der Waals surface area contributed by atoms with Crippen molar-refractivity contribution in [3.63, 3.8) is 0 Å². The molecular weight excluding hydrogens is 304 g/mol. The molecule has 1 aromatic rings. The third-order valence-corrected chi connectivity index (χ3v) is 5.78. The van der Waals surface area contributed by atoms with Gasteiger partial charge in [-0.15, -0.1) is 0 Å². The molecule has 3 aliphatic rings. The lowest BCUT2D eigenvalue weighted by molar-refractivity contribution is -0.118. The Morgan fingerprint density at radius 1 is 1.38 bits per heavy atom. The second-order valence-corrected chi connectivity index (χ2v) is 7.84. The van der Waals surface area contributed by atoms with Gasteiger partial charge in [0.15, 0.2) is 0 Å². The molecule has 3 fully saturated rings. The van der Waals surface area contributed by atoms with Crippen LogP contribution >= 0.6 is 0 Å². The Kier molecular flexibility index (Phi) is 4.35. The molecule has 1 N–H and O–H groups in total. The maximum atomic E-state index is 12.4. The number of piperidine rings is 1. The summed E-state index contributed by atoms with van der Waals surface area (Å²) in [6, 6.07) is 0.210. The molecule has 0 radical (unpaired) electrons. The lowest BCUT2D eigenvalue weighted by Gasteiger charge is -2.46. The van der Waals surface area contributed by atoms with Crippen molar-refractivity contribution in [3.8, 4) is 0 Å². The number of hydrogen-bond acceptors (Lipinski definition) is 4. The summed E-state index contributed by atoms with van der Waals surface area (Å²) in [7, 11) is 1.83. The molecule has 2 aliphatic heterocycles. The number of ether oxygens (including phenoxy) is 1. The lowest BCUT2D eigenvalue weighted by Crippen LogP contribution is -2.53. The maximum Gasteiger partial charge on any atom is 0.254 e. The fraction of sp³-hybridized carbons (Fsp3) is 0.778. The van der Waals surface area contributed by atoms with Crippen LogP contribution < -0.4 is 5.32 Å². The smallest absolute Gasteiger partial charge is 0.254 e. The van der Waals surface area contributed by atoms with E-state index in [9.17, 15) is 4.79 Å². The van der Waals surface area contributed by atoms with Crippen LogP contribution in [-0.4, -0.2) is 58.5 Å². The normalized spacial score (nSPS) is 27.3. The highest BCUT2D eigenvalue weighted by atomic mass is 16.5. The molecule has 1 saturated carbocycles. The van der Waals surface area contributed by atoms with E-state index >= 15 is 0 Å². The number of aryl methyl sites for hydroxylation is 1. The van der Waals surface area contributed by atoms with Gasteiger partial charge in [-0.2, -0.15) is 5.10 Å². The summed E-state index contributed by atoms with van der Waals surface area (Å²) in [6.45, 7) is 4.30. The van der Waals surface area contributed by atoms with Crippen molar-refractivity contribution in [1.82, 2.24) is 20.0 Å². The van der Waals surface area contributed by atoms with Crippen molar-refractivity contribution in [3.05, 3.63) is 18.0 Å². The van der Waals surface area contributed by atoms with E-state index in [1.165, 1.54) is 19.4 Å². The molecule has 1 amide bonds. The molecule has 132 valence electrons. The quantitative estimate of drug-likeness (QED) is 0.909. The average molecular weight is 332 g/mol. The van der Waals surface area contributed by atoms with Gasteiger partial charge in [0.2, 0.25) is 0 Å². The van der Waals surface area contributed by atoms with Gasteiger partial charge in [0.1, 0.15) is 0 Å². The Morgan fingerprint density at radius 2 is 2.17 bits per heavy atom. The predicted molar refractivity (Wildman–Crippen MR) is 90.8 cm³/mol. The number of nitrogens with one attached hydrogen (secondary N) is 1. The minimum absolute atomic E-state index is 0.0173. The van der Waals surface area contributed by atoms with E-state index in [2.05, 4.69) is 15.3 Å². The first-order chi connectivity index (χ1) is 11.6. The first-order valence-corrected chi connectivity index (χ1v) is 9.28. The van der Waals surface area contributed by atoms with E-state index in [1.807, 2.05) is 7.05 Å². The van der Waals surface area contributed by atoms with Crippen LogP contribution in [0.15, 0.2) is 12.4 Å². The predicted octanol–water partition coefficient (Wildman–Crippen LogP) is 1.57. The number of aromatic nitrogens is 2. The molecule has 6 nitrogen and oxygen atoms in total. The fourth-order valence-corrected chi connectivity index (χ4v) is 4.12. The third-order valence-electron chi connectivity index (χ3n) is 5.78. The van der Waals surface area contributed by atoms with Crippen LogP contribution in [0.1, 0.15) is 48.9 Å². The second kappa shape index (κ2) is 6.48. The highest BCUT2D eigenvalue weighted by Gasteiger charge is 2.41. The Morgan fingerprint density at radius 3 is 2.83 bits per heavy atom. The summed E-state index contributed by atoms with van der Waals surface area (Å²) < 4.78 is 7.87. The Bertz CT molecular complexity index is 588. The molecule has 0 aromatic carbocycles. The molecule has 24 heavy (non-hydrogen) atoms. The van der Waals surface area contributed by atoms with Crippen molar-refractivity contribution in [2.45, 2.75) is 50.2 Å². The van der Waals surface area contributed by atoms with Crippen molar-refractivity contribution in [1.29, 1.82) is 0 Å². The lowest BCUT2D eigenvalue weighted by atomic mass is 9.82. The van der Waals surface area contributed by atoms with Gasteiger partial charge in [0.25, 0.3) is 5.91 Å². The van der Waals surface area contributed by atoms with Gasteiger partial charge in [0, 0.05) is 45.5 Å². The van der Waals surface area contributed by atoms with Crippen LogP contribution in [0.25, 0.3) is 0 Å². The average Bonchev–Trinajstić information content (AvgIpc) is 3.28. The van der Waals surface area contributed by atoms with Gasteiger partial charge in [-0.1, -0.05) is 0 Å². The molecule has 0 bridgehead atoms. The Labute approximate surface area is 143 Å². The van der Waals surface area contributed by atoms with E-state index in [1.54, 1.807) is 17.1 Å². The number of likely N-dealkylation sites (tertiary alicyclic amines) is 1. The van der Waals surface area contributed by atoms with E-state index < -0.39 is 0 Å². The minimum atomic E-state index is -0.0226. The van der Waals surface area contributed by atoms with Crippen molar-refractivity contribution >= 4 is 5.91 Å². The van der Waals surface area contributed by atoms with Crippen LogP contribution in [-0.2, 0) is 11.8 Å². The van der Waals surface area contributed by atoms with E-state index in [0.29, 0.717) is 5.56 Å². The largest absolute Gasteiger partial charge is 0.375 e. The zero-order chi connectivity index (χ0) is 16.6. The molecule has 1 aromatic heterocycles. The standard InChI is InChI=1S/C18H28N4O2/c1-21-13-15(11-19-21)17(23)20-16-4-9-24-18(10-16)5-7-22(8-6-18)12-14-2-3-14/h11,13-14,16H,2-10,12H2,1H3,(H,20,23). The third kappa shape index (κ3) is 3.64. The molecule has 1 aliphatic carbocycles. The topological polar surface area (TPSA) is 59.4 Å². The van der Waals surface area contributed by atoms with Gasteiger partial charge in [-0.25, -0.2) is 0 Å². The fourth-order valence-electron chi connectivity index (χ4n) is 4.12. The molecule has 3 heterocycles. The van der Waals surface area contributed by atoms with Gasteiger partial charge in [0.05, 0.1) is 17.4 Å². The van der Waals surface area contributed by atoms with E-state index in [0.717, 1.165) is 51.3 Å². The summed E-state index contributed by atoms with van der Waals surface area (Å²) in [6.07, 6.45) is 10.3. The van der Waals surface area contributed by atoms with Crippen molar-refractivity contribution < 1.29 is 9.53 Å². The molecule has 6 heteroatoms. The maximum absolute atomic E-state index is 12.4. The minimum Gasteiger partial charge on any atom is -0.375 e. The summed E-state index contributed by atoms with van der Waals surface area (Å²) in [5.41, 5.74) is 0.614. The number of amides is 1. The second-order valence-electron chi connectivity index (χ2n) is 7.84. The van der Waals surface area contributed by atoms with Gasteiger partial charge < -0.3 is 15.0 Å². The van der Waals surface area contributed by atoms with Crippen molar-refractivity contribution in [2.24, 2.45) is 13.0 Å². The molecule has 1 spiro atoms. The molecule has 1 unspecified atom stereocenters. The van der Waals surface area contributed by atoms with Gasteiger partial charge in [-0.3, -0.25) is 9.48 Å². The van der Waals surface area contributed by atoms with Crippen molar-refractivity contribution in [2.75, 3.05) is 26.2 Å². The SMILES string of the molecule is Cn1cc(C(=O)NC2CCOC3(CCN(CC4CC4)CC3)C2)cn1. The van der Waals surface area contributed by atoms with Gasteiger partial charge in [-0.05, 0) is 44.4 Å². The zero-order valence-electron chi connectivity index (χ0n) is 14.5. The van der Waals surface area contributed by atoms with Gasteiger partial charge >= 0.3 is 0 Å². The highest BCUT2D eigenvalue weighted by molar-refractivity contribution is 5.93. The van der Waals surface area contributed by atoms with Crippen LogP contribution in [0.4, 0.5) is 0 Å². The van der Waals surface area contributed by atoms with E-state index in [-0.39, 0.29) is 17.6 Å². The Balaban J connectivity index is 1.31. The molecule has 2 saturated heterocycles. The molecule has 1 atom stereocenters. The summed E-state index contributed by atoms with van der Waals surface area (Å²) in [5.74, 6) is 0.939. The summed E-state index contributed by atoms with van der Waals surface area (Å²) >= 11 is 0. The number of carbonyl (C=O) groups excluding carboxylic acids is 1. The number of hydrogen-bond donors (Lipinski definition) is 1. The van der Waals surface area contributed by atoms with Crippen LogP contribution in [0, 0.1) is 5.92 Å². The first-order valence-electron chi connectivity index (χ1n) is 9.28. The summed E-state index contributed by atoms with van der Waals surface area (Å²) in [5, 5.41) is 7.26. The van der Waals surface area contributed by atoms with Crippen LogP contribution in [0.3, 0.4) is 0 Å². The highest BCUT2D eigenvalue weighted by Crippen LogP contribution is 2.37. The zero-order valence-corrected chi connectivity index (χ0v) is 14.5. The van der Waals surface area contributed by atoms with Crippen LogP contribution in [0.5, 0.6) is 0 Å². The Hall–Kier alpha value is -1.40.